The van der Waals surface area contributed by atoms with Crippen molar-refractivity contribution in [1.29, 1.82) is 0 Å². The van der Waals surface area contributed by atoms with Crippen LogP contribution in [0.2, 0.25) is 0 Å². The van der Waals surface area contributed by atoms with Crippen LogP contribution in [-0.4, -0.2) is 36.7 Å². The first kappa shape index (κ1) is 19.3. The summed E-state index contributed by atoms with van der Waals surface area (Å²) < 4.78 is 5.31. The van der Waals surface area contributed by atoms with Crippen molar-refractivity contribution in [3.8, 4) is 5.75 Å². The Kier molecular flexibility index (Phi) is 5.45. The molecule has 0 unspecified atom stereocenters. The van der Waals surface area contributed by atoms with Gasteiger partial charge in [0.2, 0.25) is 0 Å². The fourth-order valence-corrected chi connectivity index (χ4v) is 3.89. The maximum atomic E-state index is 12.7. The van der Waals surface area contributed by atoms with Gasteiger partial charge in [-0.05, 0) is 36.3 Å². The van der Waals surface area contributed by atoms with E-state index < -0.39 is 0 Å². The first-order chi connectivity index (χ1) is 14.1. The molecular weight excluding hydrogens is 366 g/mol. The molecule has 2 aliphatic rings. The maximum Gasteiger partial charge on any atom is 0.321 e. The van der Waals surface area contributed by atoms with Gasteiger partial charge < -0.3 is 15.0 Å². The third-order valence-corrected chi connectivity index (χ3v) is 5.69. The number of para-hydroxylation sites is 1. The van der Waals surface area contributed by atoms with E-state index in [4.69, 9.17) is 9.57 Å². The highest BCUT2D eigenvalue weighted by Gasteiger charge is 2.40. The third-order valence-electron chi connectivity index (χ3n) is 5.69. The summed E-state index contributed by atoms with van der Waals surface area (Å²) in [7, 11) is 1.66. The van der Waals surface area contributed by atoms with Crippen LogP contribution in [0, 0.1) is 0 Å². The van der Waals surface area contributed by atoms with Gasteiger partial charge in [-0.3, -0.25) is 10.3 Å². The van der Waals surface area contributed by atoms with Crippen molar-refractivity contribution < 1.29 is 14.4 Å². The molecule has 2 amide bonds. The third kappa shape index (κ3) is 4.07. The monoisotopic (exact) mass is 393 g/mol. The number of benzene rings is 2. The van der Waals surface area contributed by atoms with Crippen LogP contribution in [0.25, 0.3) is 5.70 Å². The van der Waals surface area contributed by atoms with Crippen molar-refractivity contribution in [2.24, 2.45) is 0 Å². The van der Waals surface area contributed by atoms with Gasteiger partial charge in [-0.2, -0.15) is 0 Å². The second kappa shape index (κ2) is 8.17. The van der Waals surface area contributed by atoms with Crippen LogP contribution in [0.5, 0.6) is 5.75 Å². The van der Waals surface area contributed by atoms with Crippen LogP contribution >= 0.6 is 0 Å². The van der Waals surface area contributed by atoms with E-state index in [1.165, 1.54) is 0 Å². The van der Waals surface area contributed by atoms with E-state index in [2.05, 4.69) is 23.8 Å². The summed E-state index contributed by atoms with van der Waals surface area (Å²) in [6.45, 7) is 3.37. The molecule has 6 nitrogen and oxygen atoms in total. The van der Waals surface area contributed by atoms with Gasteiger partial charge in [0.05, 0.1) is 12.8 Å². The van der Waals surface area contributed by atoms with E-state index in [9.17, 15) is 4.79 Å². The molecule has 0 bridgehead atoms. The predicted molar refractivity (Wildman–Crippen MR) is 114 cm³/mol. The van der Waals surface area contributed by atoms with Gasteiger partial charge >= 0.3 is 6.03 Å². The number of urea groups is 1. The lowest BCUT2D eigenvalue weighted by Crippen LogP contribution is -2.48. The molecule has 2 heterocycles. The first-order valence-electron chi connectivity index (χ1n) is 10.1. The van der Waals surface area contributed by atoms with Gasteiger partial charge in [-0.25, -0.2) is 4.79 Å². The van der Waals surface area contributed by atoms with Crippen molar-refractivity contribution >= 4 is 17.4 Å². The van der Waals surface area contributed by atoms with E-state index in [-0.39, 0.29) is 11.6 Å². The molecule has 2 N–H and O–H groups in total. The minimum atomic E-state index is -0.378. The van der Waals surface area contributed by atoms with Gasteiger partial charge in [-0.15, -0.1) is 0 Å². The van der Waals surface area contributed by atoms with Crippen LogP contribution in [0.1, 0.15) is 30.9 Å². The highest BCUT2D eigenvalue weighted by Crippen LogP contribution is 2.35. The zero-order valence-electron chi connectivity index (χ0n) is 16.9. The maximum absolute atomic E-state index is 12.7. The molecule has 0 atom stereocenters. The number of carbonyl (C=O) groups excluding carboxylic acids is 1. The standard InChI is InChI=1S/C23H27N3O3/c1-3-17-7-4-5-10-20(17)24-22(27)26-13-11-23(12-14-26)16-21(25-29-23)18-8-6-9-19(15-18)28-2/h4-10,15-16,25H,3,11-14H2,1-2H3,(H,24,27). The van der Waals surface area contributed by atoms with Crippen molar-refractivity contribution in [3.63, 3.8) is 0 Å². The molecule has 6 heteroatoms. The van der Waals surface area contributed by atoms with Gasteiger partial charge in [0, 0.05) is 37.2 Å². The van der Waals surface area contributed by atoms with E-state index in [0.717, 1.165) is 47.5 Å². The molecule has 2 aromatic carbocycles. The number of aryl methyl sites for hydroxylation is 1. The number of piperidine rings is 1. The van der Waals surface area contributed by atoms with Crippen LogP contribution in [0.15, 0.2) is 54.6 Å². The van der Waals surface area contributed by atoms with Crippen LogP contribution in [0.4, 0.5) is 10.5 Å². The predicted octanol–water partition coefficient (Wildman–Crippen LogP) is 4.20. The number of rotatable bonds is 4. The summed E-state index contributed by atoms with van der Waals surface area (Å²) in [5.74, 6) is 0.810. The molecule has 2 aromatic rings. The fourth-order valence-electron chi connectivity index (χ4n) is 3.89. The number of nitrogens with zero attached hydrogens (tertiary/aromatic N) is 1. The van der Waals surface area contributed by atoms with Crippen molar-refractivity contribution in [2.45, 2.75) is 31.8 Å². The molecule has 29 heavy (non-hydrogen) atoms. The molecule has 1 spiro atoms. The zero-order valence-corrected chi connectivity index (χ0v) is 16.9. The Morgan fingerprint density at radius 2 is 2.00 bits per heavy atom. The topological polar surface area (TPSA) is 62.8 Å². The molecule has 0 saturated carbocycles. The smallest absolute Gasteiger partial charge is 0.321 e. The Hall–Kier alpha value is -2.99. The molecule has 0 aromatic heterocycles. The quantitative estimate of drug-likeness (QED) is 0.817. The Bertz CT molecular complexity index is 917. The van der Waals surface area contributed by atoms with Crippen molar-refractivity contribution in [3.05, 3.63) is 65.7 Å². The lowest BCUT2D eigenvalue weighted by atomic mass is 9.90. The average molecular weight is 393 g/mol. The van der Waals surface area contributed by atoms with E-state index >= 15 is 0 Å². The number of nitrogens with one attached hydrogen (secondary N) is 2. The fraction of sp³-hybridized carbons (Fsp3) is 0.348. The van der Waals surface area contributed by atoms with Crippen LogP contribution in [0.3, 0.4) is 0 Å². The van der Waals surface area contributed by atoms with E-state index in [1.807, 2.05) is 53.4 Å². The summed E-state index contributed by atoms with van der Waals surface area (Å²) in [5.41, 5.74) is 6.69. The van der Waals surface area contributed by atoms with Crippen molar-refractivity contribution in [2.75, 3.05) is 25.5 Å². The lowest BCUT2D eigenvalue weighted by molar-refractivity contribution is -0.0634. The lowest BCUT2D eigenvalue weighted by Gasteiger charge is -2.36. The first-order valence-corrected chi connectivity index (χ1v) is 10.1. The summed E-state index contributed by atoms with van der Waals surface area (Å²) in [6.07, 6.45) is 4.52. The number of anilines is 1. The minimum Gasteiger partial charge on any atom is -0.497 e. The van der Waals surface area contributed by atoms with Crippen LogP contribution in [-0.2, 0) is 11.3 Å². The Morgan fingerprint density at radius 3 is 2.76 bits per heavy atom. The minimum absolute atomic E-state index is 0.0521. The number of hydrogen-bond donors (Lipinski definition) is 2. The number of methoxy groups -OCH3 is 1. The van der Waals surface area contributed by atoms with Gasteiger partial charge in [-0.1, -0.05) is 37.3 Å². The SMILES string of the molecule is CCc1ccccc1NC(=O)N1CCC2(C=C(c3cccc(OC)c3)NO2)CC1. The summed E-state index contributed by atoms with van der Waals surface area (Å²) >= 11 is 0. The number of likely N-dealkylation sites (tertiary alicyclic amines) is 1. The van der Waals surface area contributed by atoms with Gasteiger partial charge in [0.1, 0.15) is 11.4 Å². The molecule has 1 fully saturated rings. The normalized spacial score (nSPS) is 17.6. The number of carbonyl (C=O) groups is 1. The average Bonchev–Trinajstić information content (AvgIpc) is 3.18. The summed E-state index contributed by atoms with van der Waals surface area (Å²) in [6, 6.07) is 15.8. The number of hydrogen-bond acceptors (Lipinski definition) is 4. The van der Waals surface area contributed by atoms with Gasteiger partial charge in [0.15, 0.2) is 0 Å². The zero-order chi connectivity index (χ0) is 20.3. The largest absolute Gasteiger partial charge is 0.497 e. The number of hydroxylamine groups is 1. The van der Waals surface area contributed by atoms with E-state index in [0.29, 0.717) is 13.1 Å². The molecule has 4 rings (SSSR count). The van der Waals surface area contributed by atoms with E-state index in [1.54, 1.807) is 7.11 Å². The molecule has 2 aliphatic heterocycles. The molecule has 152 valence electrons. The molecule has 0 radical (unpaired) electrons. The molecule has 0 aliphatic carbocycles. The molecule has 1 saturated heterocycles. The Morgan fingerprint density at radius 1 is 1.21 bits per heavy atom. The van der Waals surface area contributed by atoms with Crippen LogP contribution < -0.4 is 15.5 Å². The van der Waals surface area contributed by atoms with Gasteiger partial charge in [0.25, 0.3) is 0 Å². The van der Waals surface area contributed by atoms with Crippen molar-refractivity contribution in [1.82, 2.24) is 10.4 Å². The Balaban J connectivity index is 1.40. The number of ether oxygens (including phenoxy) is 1. The highest BCUT2D eigenvalue weighted by atomic mass is 16.7. The molecular formula is C23H27N3O3. The second-order valence-corrected chi connectivity index (χ2v) is 7.49. The summed E-state index contributed by atoms with van der Waals surface area (Å²) in [5, 5.41) is 3.06. The second-order valence-electron chi connectivity index (χ2n) is 7.49. The summed E-state index contributed by atoms with van der Waals surface area (Å²) in [4.78, 5) is 20.5. The highest BCUT2D eigenvalue weighted by molar-refractivity contribution is 5.90. The Labute approximate surface area is 171 Å². The number of amides is 2.